The van der Waals surface area contributed by atoms with Crippen molar-refractivity contribution in [2.45, 2.75) is 57.2 Å². The van der Waals surface area contributed by atoms with E-state index in [1.807, 2.05) is 13.8 Å². The van der Waals surface area contributed by atoms with Gasteiger partial charge in [0.25, 0.3) is 0 Å². The Morgan fingerprint density at radius 2 is 1.86 bits per heavy atom. The topological polar surface area (TPSA) is 101 Å². The second-order valence-electron chi connectivity index (χ2n) is 5.75. The summed E-state index contributed by atoms with van der Waals surface area (Å²) in [6.07, 6.45) is 2.12. The molecule has 8 heteroatoms. The average molecular weight is 351 g/mol. The van der Waals surface area contributed by atoms with Gasteiger partial charge in [0.05, 0.1) is 0 Å². The predicted octanol–water partition coefficient (Wildman–Crippen LogP) is 2.12. The van der Waals surface area contributed by atoms with E-state index in [0.717, 1.165) is 12.2 Å². The van der Waals surface area contributed by atoms with E-state index in [4.69, 9.17) is 10.8 Å². The Labute approximate surface area is 140 Å². The standard InChI is InChI=1S/C14H26N2O4S2/c1-10(13(19)20)16(4)12(18)7-8-14(2,3)22-21-9-5-6-11(15)17/h10H,5-9H2,1-4H3,(H2,15,17)(H,19,20)/t10-/m0/s1. The molecule has 128 valence electrons. The lowest BCUT2D eigenvalue weighted by atomic mass is 10.1. The Kier molecular flexibility index (Phi) is 9.59. The van der Waals surface area contributed by atoms with E-state index in [0.29, 0.717) is 19.3 Å². The molecule has 0 aliphatic rings. The first kappa shape index (κ1) is 21.1. The minimum atomic E-state index is -1.01. The van der Waals surface area contributed by atoms with E-state index in [1.165, 1.54) is 18.9 Å². The number of carbonyl (C=O) groups is 3. The van der Waals surface area contributed by atoms with Crippen LogP contribution in [0.25, 0.3) is 0 Å². The minimum Gasteiger partial charge on any atom is -0.480 e. The normalized spacial score (nSPS) is 12.7. The maximum Gasteiger partial charge on any atom is 0.326 e. The van der Waals surface area contributed by atoms with Gasteiger partial charge >= 0.3 is 5.97 Å². The van der Waals surface area contributed by atoms with Gasteiger partial charge in [0.15, 0.2) is 0 Å². The van der Waals surface area contributed by atoms with Crippen molar-refractivity contribution in [1.82, 2.24) is 4.90 Å². The molecule has 0 bridgehead atoms. The Morgan fingerprint density at radius 1 is 1.27 bits per heavy atom. The van der Waals surface area contributed by atoms with Gasteiger partial charge in [-0.3, -0.25) is 9.59 Å². The number of nitrogens with zero attached hydrogens (tertiary/aromatic N) is 1. The van der Waals surface area contributed by atoms with E-state index in [2.05, 4.69) is 0 Å². The number of likely N-dealkylation sites (N-methyl/N-ethyl adjacent to an activating group) is 1. The van der Waals surface area contributed by atoms with Gasteiger partial charge in [0.1, 0.15) is 6.04 Å². The molecule has 0 saturated carbocycles. The first-order valence-electron chi connectivity index (χ1n) is 7.14. The van der Waals surface area contributed by atoms with E-state index in [-0.39, 0.29) is 16.6 Å². The van der Waals surface area contributed by atoms with Crippen molar-refractivity contribution in [2.24, 2.45) is 5.73 Å². The Morgan fingerprint density at radius 3 is 2.36 bits per heavy atom. The van der Waals surface area contributed by atoms with Crippen molar-refractivity contribution >= 4 is 39.4 Å². The van der Waals surface area contributed by atoms with Crippen LogP contribution >= 0.6 is 21.6 Å². The van der Waals surface area contributed by atoms with Gasteiger partial charge in [-0.15, -0.1) is 0 Å². The average Bonchev–Trinajstić information content (AvgIpc) is 2.42. The zero-order chi connectivity index (χ0) is 17.3. The summed E-state index contributed by atoms with van der Waals surface area (Å²) in [6.45, 7) is 5.59. The molecule has 0 radical (unpaired) electrons. The predicted molar refractivity (Wildman–Crippen MR) is 91.7 cm³/mol. The zero-order valence-corrected chi connectivity index (χ0v) is 15.3. The summed E-state index contributed by atoms with van der Waals surface area (Å²) < 4.78 is -0.0969. The van der Waals surface area contributed by atoms with Crippen LogP contribution in [0.15, 0.2) is 0 Å². The molecule has 0 fully saturated rings. The van der Waals surface area contributed by atoms with Crippen molar-refractivity contribution in [1.29, 1.82) is 0 Å². The molecule has 0 saturated heterocycles. The van der Waals surface area contributed by atoms with Gasteiger partial charge in [0, 0.05) is 30.4 Å². The molecule has 2 amide bonds. The largest absolute Gasteiger partial charge is 0.480 e. The summed E-state index contributed by atoms with van der Waals surface area (Å²) in [4.78, 5) is 34.7. The number of nitrogens with two attached hydrogens (primary N) is 1. The fourth-order valence-corrected chi connectivity index (χ4v) is 4.17. The van der Waals surface area contributed by atoms with Crippen LogP contribution in [-0.4, -0.2) is 51.4 Å². The number of carbonyl (C=O) groups excluding carboxylic acids is 2. The van der Waals surface area contributed by atoms with Crippen LogP contribution < -0.4 is 5.73 Å². The van der Waals surface area contributed by atoms with Crippen LogP contribution in [-0.2, 0) is 14.4 Å². The summed E-state index contributed by atoms with van der Waals surface area (Å²) in [6, 6.07) is -0.813. The smallest absolute Gasteiger partial charge is 0.326 e. The number of carboxylic acids is 1. The van der Waals surface area contributed by atoms with Crippen LogP contribution in [0.2, 0.25) is 0 Å². The highest BCUT2D eigenvalue weighted by atomic mass is 33.1. The van der Waals surface area contributed by atoms with Crippen LogP contribution in [0.1, 0.15) is 46.5 Å². The Bertz CT molecular complexity index is 402. The highest BCUT2D eigenvalue weighted by molar-refractivity contribution is 8.77. The molecule has 22 heavy (non-hydrogen) atoms. The number of rotatable bonds is 11. The minimum absolute atomic E-state index is 0.0969. The van der Waals surface area contributed by atoms with Gasteiger partial charge in [-0.25, -0.2) is 4.79 Å². The molecule has 0 unspecified atom stereocenters. The quantitative estimate of drug-likeness (QED) is 0.437. The van der Waals surface area contributed by atoms with Crippen molar-refractivity contribution in [3.63, 3.8) is 0 Å². The third kappa shape index (κ3) is 9.19. The van der Waals surface area contributed by atoms with E-state index in [1.54, 1.807) is 21.6 Å². The number of carboxylic acid groups (broad SMARTS) is 1. The van der Waals surface area contributed by atoms with E-state index < -0.39 is 12.0 Å². The molecular formula is C14H26N2O4S2. The second-order valence-corrected chi connectivity index (χ2v) is 8.88. The van der Waals surface area contributed by atoms with Crippen LogP contribution in [0, 0.1) is 0 Å². The third-order valence-electron chi connectivity index (χ3n) is 3.21. The van der Waals surface area contributed by atoms with Crippen LogP contribution in [0.3, 0.4) is 0 Å². The van der Waals surface area contributed by atoms with Gasteiger partial charge in [0.2, 0.25) is 11.8 Å². The molecule has 0 aromatic rings. The highest BCUT2D eigenvalue weighted by Crippen LogP contribution is 2.39. The first-order chi connectivity index (χ1) is 10.1. The molecule has 0 aromatic heterocycles. The Hall–Kier alpha value is -0.890. The highest BCUT2D eigenvalue weighted by Gasteiger charge is 2.25. The molecule has 0 aliphatic heterocycles. The molecular weight excluding hydrogens is 324 g/mol. The molecule has 1 atom stereocenters. The van der Waals surface area contributed by atoms with Crippen LogP contribution in [0.4, 0.5) is 0 Å². The van der Waals surface area contributed by atoms with Gasteiger partial charge in [-0.05, 0) is 33.6 Å². The van der Waals surface area contributed by atoms with Crippen molar-refractivity contribution < 1.29 is 19.5 Å². The number of hydrogen-bond donors (Lipinski definition) is 2. The van der Waals surface area contributed by atoms with Crippen LogP contribution in [0.5, 0.6) is 0 Å². The van der Waals surface area contributed by atoms with Gasteiger partial charge in [-0.2, -0.15) is 0 Å². The molecule has 0 aliphatic carbocycles. The summed E-state index contributed by atoms with van der Waals surface area (Å²) in [5, 5.41) is 8.90. The van der Waals surface area contributed by atoms with E-state index >= 15 is 0 Å². The summed E-state index contributed by atoms with van der Waals surface area (Å²) in [7, 11) is 4.85. The zero-order valence-electron chi connectivity index (χ0n) is 13.6. The third-order valence-corrected chi connectivity index (χ3v) is 6.64. The number of primary amides is 1. The molecule has 6 nitrogen and oxygen atoms in total. The monoisotopic (exact) mass is 350 g/mol. The van der Waals surface area contributed by atoms with Gasteiger partial charge in [-0.1, -0.05) is 21.6 Å². The number of hydrogen-bond acceptors (Lipinski definition) is 5. The number of amides is 2. The maximum absolute atomic E-state index is 12.0. The second kappa shape index (κ2) is 9.99. The van der Waals surface area contributed by atoms with Crippen molar-refractivity contribution in [2.75, 3.05) is 12.8 Å². The number of aliphatic carboxylic acids is 1. The molecule has 3 N–H and O–H groups in total. The molecule has 0 rings (SSSR count). The molecule has 0 aromatic carbocycles. The summed E-state index contributed by atoms with van der Waals surface area (Å²) in [5.41, 5.74) is 5.08. The molecule has 0 heterocycles. The molecule has 0 spiro atoms. The van der Waals surface area contributed by atoms with Crippen molar-refractivity contribution in [3.8, 4) is 0 Å². The summed E-state index contributed by atoms with van der Waals surface area (Å²) >= 11 is 0. The SMILES string of the molecule is C[C@@H](C(=O)O)N(C)C(=O)CCC(C)(C)SSCCCC(N)=O. The lowest BCUT2D eigenvalue weighted by Gasteiger charge is -2.26. The first-order valence-corrected chi connectivity index (χ1v) is 9.46. The maximum atomic E-state index is 12.0. The summed E-state index contributed by atoms with van der Waals surface area (Å²) in [5.74, 6) is -0.621. The van der Waals surface area contributed by atoms with E-state index in [9.17, 15) is 14.4 Å². The Balaban J connectivity index is 4.07. The lowest BCUT2D eigenvalue weighted by molar-refractivity contribution is -0.148. The fourth-order valence-electron chi connectivity index (χ4n) is 1.51. The van der Waals surface area contributed by atoms with Gasteiger partial charge < -0.3 is 15.7 Å². The lowest BCUT2D eigenvalue weighted by Crippen LogP contribution is -2.40. The fraction of sp³-hybridized carbons (Fsp3) is 0.786. The van der Waals surface area contributed by atoms with Crippen molar-refractivity contribution in [3.05, 3.63) is 0 Å².